The minimum Gasteiger partial charge on any atom is -0.497 e. The number of imidazole rings is 1. The van der Waals surface area contributed by atoms with Crippen molar-refractivity contribution in [2.24, 2.45) is 0 Å². The quantitative estimate of drug-likeness (QED) is 0.544. The van der Waals surface area contributed by atoms with Crippen LogP contribution in [0, 0.1) is 0 Å². The van der Waals surface area contributed by atoms with E-state index in [4.69, 9.17) is 9.47 Å². The van der Waals surface area contributed by atoms with E-state index in [1.54, 1.807) is 14.2 Å². The Hall–Kier alpha value is -3.27. The van der Waals surface area contributed by atoms with Gasteiger partial charge >= 0.3 is 0 Å². The van der Waals surface area contributed by atoms with Gasteiger partial charge in [0, 0.05) is 5.69 Å². The van der Waals surface area contributed by atoms with Gasteiger partial charge in [-0.15, -0.1) is 0 Å². The molecule has 3 aromatic carbocycles. The average Bonchev–Trinajstić information content (AvgIpc) is 3.11. The first kappa shape index (κ1) is 15.3. The summed E-state index contributed by atoms with van der Waals surface area (Å²) in [6.07, 6.45) is 1.85. The van der Waals surface area contributed by atoms with Crippen molar-refractivity contribution < 1.29 is 9.47 Å². The molecule has 0 spiro atoms. The molecule has 0 saturated heterocycles. The fourth-order valence-electron chi connectivity index (χ4n) is 2.92. The van der Waals surface area contributed by atoms with Crippen molar-refractivity contribution in [1.29, 1.82) is 0 Å². The van der Waals surface area contributed by atoms with Gasteiger partial charge in [0.25, 0.3) is 0 Å². The van der Waals surface area contributed by atoms with Crippen LogP contribution in [0.15, 0.2) is 73.1 Å². The maximum atomic E-state index is 5.23. The standard InChI is InChI=1S/C21H18N2O2/c1-24-18-8-3-15(4-9-18)16-5-12-20-21(13-16)23(14-22-20)17-6-10-19(25-2)11-7-17/h3-14H,1-2H3. The van der Waals surface area contributed by atoms with Gasteiger partial charge in [-0.1, -0.05) is 18.2 Å². The Bertz CT molecular complexity index is 1000. The Labute approximate surface area is 146 Å². The Balaban J connectivity index is 1.78. The van der Waals surface area contributed by atoms with Crippen LogP contribution in [-0.4, -0.2) is 23.8 Å². The molecule has 0 aliphatic heterocycles. The van der Waals surface area contributed by atoms with Crippen molar-refractivity contribution in [2.45, 2.75) is 0 Å². The van der Waals surface area contributed by atoms with Crippen molar-refractivity contribution in [3.63, 3.8) is 0 Å². The summed E-state index contributed by atoms with van der Waals surface area (Å²) in [6.45, 7) is 0. The average molecular weight is 330 g/mol. The number of hydrogen-bond acceptors (Lipinski definition) is 3. The van der Waals surface area contributed by atoms with Crippen molar-refractivity contribution in [3.8, 4) is 28.3 Å². The third-order valence-electron chi connectivity index (χ3n) is 4.32. The van der Waals surface area contributed by atoms with Crippen molar-refractivity contribution in [3.05, 3.63) is 73.1 Å². The second kappa shape index (κ2) is 6.32. The molecule has 0 amide bonds. The molecular weight excluding hydrogens is 312 g/mol. The maximum Gasteiger partial charge on any atom is 0.119 e. The minimum absolute atomic E-state index is 0.840. The molecule has 0 bridgehead atoms. The van der Waals surface area contributed by atoms with E-state index in [0.717, 1.165) is 39.3 Å². The number of fused-ring (bicyclic) bond motifs is 1. The molecular formula is C21H18N2O2. The molecule has 0 atom stereocenters. The summed E-state index contributed by atoms with van der Waals surface area (Å²) < 4.78 is 12.6. The van der Waals surface area contributed by atoms with Gasteiger partial charge in [-0.3, -0.25) is 4.57 Å². The minimum atomic E-state index is 0.840. The lowest BCUT2D eigenvalue weighted by atomic mass is 10.0. The van der Waals surface area contributed by atoms with Gasteiger partial charge in [-0.25, -0.2) is 4.98 Å². The number of methoxy groups -OCH3 is 2. The number of nitrogens with zero attached hydrogens (tertiary/aromatic N) is 2. The van der Waals surface area contributed by atoms with Gasteiger partial charge in [0.05, 0.1) is 25.3 Å². The lowest BCUT2D eigenvalue weighted by Gasteiger charge is -2.08. The third kappa shape index (κ3) is 2.83. The Morgan fingerprint density at radius 3 is 1.96 bits per heavy atom. The second-order valence-electron chi connectivity index (χ2n) is 5.74. The zero-order chi connectivity index (χ0) is 17.2. The summed E-state index contributed by atoms with van der Waals surface area (Å²) in [5, 5.41) is 0. The monoisotopic (exact) mass is 330 g/mol. The van der Waals surface area contributed by atoms with E-state index in [0.29, 0.717) is 0 Å². The van der Waals surface area contributed by atoms with E-state index in [-0.39, 0.29) is 0 Å². The molecule has 1 aromatic heterocycles. The Kier molecular flexibility index (Phi) is 3.86. The van der Waals surface area contributed by atoms with Gasteiger partial charge in [-0.2, -0.15) is 0 Å². The molecule has 0 unspecified atom stereocenters. The van der Waals surface area contributed by atoms with Crippen LogP contribution in [0.25, 0.3) is 27.8 Å². The maximum absolute atomic E-state index is 5.23. The van der Waals surface area contributed by atoms with Crippen LogP contribution in [-0.2, 0) is 0 Å². The summed E-state index contributed by atoms with van der Waals surface area (Å²) in [7, 11) is 3.34. The SMILES string of the molecule is COc1ccc(-c2ccc3ncn(-c4ccc(OC)cc4)c3c2)cc1. The predicted octanol–water partition coefficient (Wildman–Crippen LogP) is 4.71. The lowest BCUT2D eigenvalue weighted by Crippen LogP contribution is -1.92. The van der Waals surface area contributed by atoms with Gasteiger partial charge in [0.2, 0.25) is 0 Å². The van der Waals surface area contributed by atoms with E-state index in [1.165, 1.54) is 0 Å². The van der Waals surface area contributed by atoms with Crippen LogP contribution < -0.4 is 9.47 Å². The van der Waals surface area contributed by atoms with Crippen molar-refractivity contribution in [1.82, 2.24) is 9.55 Å². The number of ether oxygens (including phenoxy) is 2. The molecule has 0 fully saturated rings. The highest BCUT2D eigenvalue weighted by molar-refractivity contribution is 5.83. The highest BCUT2D eigenvalue weighted by atomic mass is 16.5. The van der Waals surface area contributed by atoms with Crippen molar-refractivity contribution >= 4 is 11.0 Å². The first-order valence-corrected chi connectivity index (χ1v) is 8.04. The molecule has 4 rings (SSSR count). The first-order chi connectivity index (χ1) is 12.3. The number of hydrogen-bond donors (Lipinski definition) is 0. The van der Waals surface area contributed by atoms with E-state index >= 15 is 0 Å². The van der Waals surface area contributed by atoms with Crippen LogP contribution >= 0.6 is 0 Å². The Morgan fingerprint density at radius 2 is 1.32 bits per heavy atom. The lowest BCUT2D eigenvalue weighted by molar-refractivity contribution is 0.414. The number of benzene rings is 3. The van der Waals surface area contributed by atoms with Crippen LogP contribution in [0.3, 0.4) is 0 Å². The van der Waals surface area contributed by atoms with Crippen molar-refractivity contribution in [2.75, 3.05) is 14.2 Å². The first-order valence-electron chi connectivity index (χ1n) is 8.04. The van der Waals surface area contributed by atoms with Crippen LogP contribution in [0.2, 0.25) is 0 Å². The molecule has 4 heteroatoms. The second-order valence-corrected chi connectivity index (χ2v) is 5.74. The largest absolute Gasteiger partial charge is 0.497 e. The molecule has 0 radical (unpaired) electrons. The summed E-state index contributed by atoms with van der Waals surface area (Å²) in [5.74, 6) is 1.69. The summed E-state index contributed by atoms with van der Waals surface area (Å²) in [6, 6.07) is 22.3. The molecule has 25 heavy (non-hydrogen) atoms. The Morgan fingerprint density at radius 1 is 0.720 bits per heavy atom. The number of aromatic nitrogens is 2. The normalized spacial score (nSPS) is 10.8. The molecule has 0 saturated carbocycles. The van der Waals surface area contributed by atoms with E-state index in [2.05, 4.69) is 39.9 Å². The molecule has 4 aromatic rings. The summed E-state index contributed by atoms with van der Waals surface area (Å²) in [5.41, 5.74) is 5.37. The van der Waals surface area contributed by atoms with E-state index < -0.39 is 0 Å². The molecule has 0 aliphatic carbocycles. The third-order valence-corrected chi connectivity index (χ3v) is 4.32. The summed E-state index contributed by atoms with van der Waals surface area (Å²) >= 11 is 0. The highest BCUT2D eigenvalue weighted by Gasteiger charge is 2.07. The highest BCUT2D eigenvalue weighted by Crippen LogP contribution is 2.27. The zero-order valence-corrected chi connectivity index (χ0v) is 14.1. The van der Waals surface area contributed by atoms with Gasteiger partial charge < -0.3 is 9.47 Å². The molecule has 1 heterocycles. The number of rotatable bonds is 4. The van der Waals surface area contributed by atoms with Gasteiger partial charge in [0.1, 0.15) is 17.8 Å². The van der Waals surface area contributed by atoms with E-state index in [9.17, 15) is 0 Å². The van der Waals surface area contributed by atoms with Crippen LogP contribution in [0.4, 0.5) is 0 Å². The van der Waals surface area contributed by atoms with Crippen LogP contribution in [0.1, 0.15) is 0 Å². The van der Waals surface area contributed by atoms with E-state index in [1.807, 2.05) is 42.7 Å². The molecule has 4 nitrogen and oxygen atoms in total. The smallest absolute Gasteiger partial charge is 0.119 e. The van der Waals surface area contributed by atoms with Crippen LogP contribution in [0.5, 0.6) is 11.5 Å². The topological polar surface area (TPSA) is 36.3 Å². The fraction of sp³-hybridized carbons (Fsp3) is 0.0952. The molecule has 0 aliphatic rings. The van der Waals surface area contributed by atoms with Gasteiger partial charge in [0.15, 0.2) is 0 Å². The predicted molar refractivity (Wildman–Crippen MR) is 99.6 cm³/mol. The molecule has 124 valence electrons. The van der Waals surface area contributed by atoms with Gasteiger partial charge in [-0.05, 0) is 59.7 Å². The zero-order valence-electron chi connectivity index (χ0n) is 14.1. The molecule has 0 N–H and O–H groups in total. The summed E-state index contributed by atoms with van der Waals surface area (Å²) in [4.78, 5) is 4.51. The fourth-order valence-corrected chi connectivity index (χ4v) is 2.92.